The van der Waals surface area contributed by atoms with Gasteiger partial charge in [-0.25, -0.2) is 0 Å². The number of para-hydroxylation sites is 1. The number of rotatable bonds is 4. The second kappa shape index (κ2) is 8.34. The maximum atomic E-state index is 11.5. The van der Waals surface area contributed by atoms with E-state index in [4.69, 9.17) is 28.6 Å². The molecule has 0 spiro atoms. The van der Waals surface area contributed by atoms with Crippen LogP contribution in [0.15, 0.2) is 24.3 Å². The minimum Gasteiger partial charge on any atom is -0.482 e. The summed E-state index contributed by atoms with van der Waals surface area (Å²) in [7, 11) is 0. The molecule has 0 aliphatic heterocycles. The Kier molecular flexibility index (Phi) is 6.75. The molecule has 0 saturated carbocycles. The molecule has 0 aliphatic carbocycles. The van der Waals surface area contributed by atoms with Crippen molar-refractivity contribution in [3.8, 4) is 5.75 Å². The number of hydrazine groups is 1. The third kappa shape index (κ3) is 5.85. The van der Waals surface area contributed by atoms with Gasteiger partial charge in [0.2, 0.25) is 5.91 Å². The zero-order valence-electron chi connectivity index (χ0n) is 10.7. The molecule has 0 unspecified atom stereocenters. The molecule has 0 aliphatic rings. The molecular weight excluding hydrogens is 302 g/mol. The van der Waals surface area contributed by atoms with Crippen LogP contribution in [0.1, 0.15) is 13.3 Å². The number of hydrogen-bond donors (Lipinski definition) is 3. The molecule has 0 saturated heterocycles. The Balaban J connectivity index is 2.29. The topological polar surface area (TPSA) is 79.5 Å². The summed E-state index contributed by atoms with van der Waals surface area (Å²) in [6.45, 7) is 1.45. The molecule has 0 radical (unpaired) electrons. The monoisotopic (exact) mass is 315 g/mol. The van der Waals surface area contributed by atoms with E-state index in [0.29, 0.717) is 17.2 Å². The van der Waals surface area contributed by atoms with Gasteiger partial charge in [-0.3, -0.25) is 20.4 Å². The average Bonchev–Trinajstić information content (AvgIpc) is 2.44. The molecule has 1 aromatic rings. The Morgan fingerprint density at radius 2 is 1.95 bits per heavy atom. The van der Waals surface area contributed by atoms with Crippen LogP contribution in [0.2, 0.25) is 5.02 Å². The van der Waals surface area contributed by atoms with Gasteiger partial charge in [0, 0.05) is 6.42 Å². The molecule has 1 rings (SSSR count). The highest BCUT2D eigenvalue weighted by Gasteiger charge is 2.06. The van der Waals surface area contributed by atoms with Crippen LogP contribution in [0.4, 0.5) is 0 Å². The minimum atomic E-state index is -0.460. The third-order valence-electron chi connectivity index (χ3n) is 2.08. The summed E-state index contributed by atoms with van der Waals surface area (Å²) < 4.78 is 5.22. The Labute approximate surface area is 126 Å². The molecule has 0 aromatic heterocycles. The van der Waals surface area contributed by atoms with E-state index in [2.05, 4.69) is 16.2 Å². The largest absolute Gasteiger partial charge is 0.482 e. The van der Waals surface area contributed by atoms with Crippen LogP contribution < -0.4 is 20.9 Å². The van der Waals surface area contributed by atoms with Crippen LogP contribution in [0, 0.1) is 0 Å². The second-order valence-electron chi connectivity index (χ2n) is 3.62. The summed E-state index contributed by atoms with van der Waals surface area (Å²) in [5.41, 5.74) is 4.67. The van der Waals surface area contributed by atoms with Crippen molar-refractivity contribution in [1.29, 1.82) is 0 Å². The highest BCUT2D eigenvalue weighted by molar-refractivity contribution is 7.80. The molecule has 1 aromatic carbocycles. The summed E-state index contributed by atoms with van der Waals surface area (Å²) in [6, 6.07) is 6.80. The summed E-state index contributed by atoms with van der Waals surface area (Å²) in [6.07, 6.45) is 0.297. The fourth-order valence-corrected chi connectivity index (χ4v) is 1.47. The first kappa shape index (κ1) is 16.2. The fourth-order valence-electron chi connectivity index (χ4n) is 1.11. The van der Waals surface area contributed by atoms with E-state index in [0.717, 1.165) is 0 Å². The van der Waals surface area contributed by atoms with Gasteiger partial charge in [0.1, 0.15) is 5.75 Å². The van der Waals surface area contributed by atoms with E-state index >= 15 is 0 Å². The quantitative estimate of drug-likeness (QED) is 0.574. The molecule has 0 fully saturated rings. The van der Waals surface area contributed by atoms with Crippen LogP contribution in [-0.4, -0.2) is 23.5 Å². The number of carbonyl (C=O) groups is 2. The minimum absolute atomic E-state index is 0.0166. The third-order valence-corrected chi connectivity index (χ3v) is 2.60. The summed E-state index contributed by atoms with van der Waals surface area (Å²) >= 11 is 10.7. The molecule has 20 heavy (non-hydrogen) atoms. The van der Waals surface area contributed by atoms with Crippen LogP contribution in [0.3, 0.4) is 0 Å². The molecule has 108 valence electrons. The number of amides is 2. The lowest BCUT2D eigenvalue weighted by atomic mass is 10.3. The van der Waals surface area contributed by atoms with Crippen LogP contribution >= 0.6 is 23.8 Å². The van der Waals surface area contributed by atoms with Crippen molar-refractivity contribution in [1.82, 2.24) is 16.2 Å². The lowest BCUT2D eigenvalue weighted by molar-refractivity contribution is -0.124. The Morgan fingerprint density at radius 1 is 1.25 bits per heavy atom. The fraction of sp³-hybridized carbons (Fsp3) is 0.250. The smallest absolute Gasteiger partial charge is 0.276 e. The Morgan fingerprint density at radius 3 is 2.60 bits per heavy atom. The maximum Gasteiger partial charge on any atom is 0.276 e. The number of nitrogens with one attached hydrogen (secondary N) is 3. The number of ether oxygens (including phenoxy) is 1. The first-order valence-corrected chi connectivity index (χ1v) is 6.57. The highest BCUT2D eigenvalue weighted by atomic mass is 35.5. The number of halogens is 1. The van der Waals surface area contributed by atoms with Gasteiger partial charge in [-0.1, -0.05) is 30.7 Å². The summed E-state index contributed by atoms with van der Waals surface area (Å²) in [5.74, 6) is -0.298. The predicted octanol–water partition coefficient (Wildman–Crippen LogP) is 1.15. The molecule has 0 bridgehead atoms. The van der Waals surface area contributed by atoms with Crippen molar-refractivity contribution < 1.29 is 14.3 Å². The Bertz CT molecular complexity index is 510. The van der Waals surface area contributed by atoms with Crippen molar-refractivity contribution in [2.24, 2.45) is 0 Å². The van der Waals surface area contributed by atoms with Crippen molar-refractivity contribution in [2.75, 3.05) is 6.61 Å². The van der Waals surface area contributed by atoms with E-state index in [-0.39, 0.29) is 17.6 Å². The zero-order chi connectivity index (χ0) is 15.0. The molecule has 3 N–H and O–H groups in total. The molecule has 6 nitrogen and oxygen atoms in total. The normalized spacial score (nSPS) is 9.50. The molecule has 8 heteroatoms. The zero-order valence-corrected chi connectivity index (χ0v) is 12.3. The average molecular weight is 316 g/mol. The molecule has 2 amide bonds. The number of thiocarbonyl (C=S) groups is 1. The van der Waals surface area contributed by atoms with Crippen molar-refractivity contribution in [3.63, 3.8) is 0 Å². The van der Waals surface area contributed by atoms with Crippen LogP contribution in [0.25, 0.3) is 0 Å². The van der Waals surface area contributed by atoms with Crippen LogP contribution in [0.5, 0.6) is 5.75 Å². The molecular formula is C12H14ClN3O3S. The molecule has 0 atom stereocenters. The highest BCUT2D eigenvalue weighted by Crippen LogP contribution is 2.22. The van der Waals surface area contributed by atoms with Gasteiger partial charge >= 0.3 is 0 Å². The second-order valence-corrected chi connectivity index (χ2v) is 4.44. The lowest BCUT2D eigenvalue weighted by Crippen LogP contribution is -2.49. The van der Waals surface area contributed by atoms with E-state index in [1.54, 1.807) is 31.2 Å². The lowest BCUT2D eigenvalue weighted by Gasteiger charge is -2.11. The van der Waals surface area contributed by atoms with Gasteiger partial charge in [0.15, 0.2) is 11.7 Å². The maximum absolute atomic E-state index is 11.5. The van der Waals surface area contributed by atoms with Gasteiger partial charge in [-0.05, 0) is 24.4 Å². The Hall–Kier alpha value is -1.86. The van der Waals surface area contributed by atoms with Crippen molar-refractivity contribution >= 4 is 40.7 Å². The van der Waals surface area contributed by atoms with E-state index in [1.165, 1.54) is 0 Å². The number of hydrogen-bond acceptors (Lipinski definition) is 4. The van der Waals surface area contributed by atoms with Gasteiger partial charge in [-0.15, -0.1) is 0 Å². The van der Waals surface area contributed by atoms with E-state index in [9.17, 15) is 9.59 Å². The van der Waals surface area contributed by atoms with E-state index in [1.807, 2.05) is 0 Å². The van der Waals surface area contributed by atoms with Gasteiger partial charge in [0.25, 0.3) is 5.91 Å². The number of benzene rings is 1. The van der Waals surface area contributed by atoms with E-state index < -0.39 is 5.91 Å². The molecule has 0 heterocycles. The van der Waals surface area contributed by atoms with Gasteiger partial charge in [-0.2, -0.15) is 0 Å². The first-order chi connectivity index (χ1) is 9.52. The van der Waals surface area contributed by atoms with Gasteiger partial charge < -0.3 is 10.1 Å². The van der Waals surface area contributed by atoms with Gasteiger partial charge in [0.05, 0.1) is 5.02 Å². The number of carbonyl (C=O) groups excluding carboxylic acids is 2. The van der Waals surface area contributed by atoms with Crippen molar-refractivity contribution in [2.45, 2.75) is 13.3 Å². The summed E-state index contributed by atoms with van der Waals surface area (Å²) in [4.78, 5) is 22.5. The predicted molar refractivity (Wildman–Crippen MR) is 79.3 cm³/mol. The first-order valence-electron chi connectivity index (χ1n) is 5.79. The SMILES string of the molecule is CCC(=O)NC(=S)NNC(=O)COc1ccccc1Cl. The standard InChI is InChI=1S/C12H14ClN3O3S/c1-2-10(17)14-12(20)16-15-11(18)7-19-9-6-4-3-5-8(9)13/h3-6H,2,7H2,1H3,(H,15,18)(H2,14,16,17,20). The van der Waals surface area contributed by atoms with Crippen molar-refractivity contribution in [3.05, 3.63) is 29.3 Å². The van der Waals surface area contributed by atoms with Crippen LogP contribution in [-0.2, 0) is 9.59 Å². The summed E-state index contributed by atoms with van der Waals surface area (Å²) in [5, 5.41) is 2.80.